The summed E-state index contributed by atoms with van der Waals surface area (Å²) < 4.78 is 7.65. The number of aromatic nitrogens is 4. The number of hydrogen-bond donors (Lipinski definition) is 1. The van der Waals surface area contributed by atoms with Gasteiger partial charge in [0.15, 0.2) is 0 Å². The molecule has 1 unspecified atom stereocenters. The zero-order valence-electron chi connectivity index (χ0n) is 14.9. The number of rotatable bonds is 6. The number of pyridine rings is 1. The van der Waals surface area contributed by atoms with Gasteiger partial charge in [0.25, 0.3) is 0 Å². The van der Waals surface area contributed by atoms with Crippen LogP contribution in [-0.4, -0.2) is 50.3 Å². The molecular weight excluding hydrogens is 320 g/mol. The zero-order chi connectivity index (χ0) is 17.8. The molecule has 8 nitrogen and oxygen atoms in total. The third kappa shape index (κ3) is 3.79. The Morgan fingerprint density at radius 3 is 3.08 bits per heavy atom. The third-order valence-corrected chi connectivity index (χ3v) is 4.34. The lowest BCUT2D eigenvalue weighted by molar-refractivity contribution is -0.127. The Balaban J connectivity index is 1.64. The van der Waals surface area contributed by atoms with Crippen LogP contribution in [0.4, 0.5) is 0 Å². The summed E-state index contributed by atoms with van der Waals surface area (Å²) in [6, 6.07) is 3.52. The second-order valence-corrected chi connectivity index (χ2v) is 6.24. The molecule has 1 atom stereocenters. The number of nitrogens with one attached hydrogen (secondary N) is 1. The molecule has 25 heavy (non-hydrogen) atoms. The van der Waals surface area contributed by atoms with Crippen molar-refractivity contribution >= 4 is 5.91 Å². The molecule has 0 radical (unpaired) electrons. The van der Waals surface area contributed by atoms with Crippen molar-refractivity contribution < 1.29 is 9.53 Å². The van der Waals surface area contributed by atoms with Gasteiger partial charge >= 0.3 is 0 Å². The van der Waals surface area contributed by atoms with E-state index in [0.29, 0.717) is 32.1 Å². The van der Waals surface area contributed by atoms with Crippen LogP contribution in [0.1, 0.15) is 30.6 Å². The highest BCUT2D eigenvalue weighted by atomic mass is 16.5. The third-order valence-electron chi connectivity index (χ3n) is 4.34. The number of carbonyl (C=O) groups is 1. The van der Waals surface area contributed by atoms with Gasteiger partial charge in [0.2, 0.25) is 11.8 Å². The van der Waals surface area contributed by atoms with E-state index in [1.54, 1.807) is 6.20 Å². The normalized spacial score (nSPS) is 17.2. The molecular formula is C17H24N6O2. The average Bonchev–Trinajstić information content (AvgIpc) is 2.97. The first-order chi connectivity index (χ1) is 12.1. The SMILES string of the molecule is CCCOc1ncccc1CNC(=O)C1Cn2c(C)nnc2CN1C. The Morgan fingerprint density at radius 1 is 1.44 bits per heavy atom. The van der Waals surface area contributed by atoms with E-state index in [9.17, 15) is 4.79 Å². The minimum absolute atomic E-state index is 0.0217. The Morgan fingerprint density at radius 2 is 2.28 bits per heavy atom. The van der Waals surface area contributed by atoms with E-state index in [0.717, 1.165) is 23.6 Å². The molecule has 0 fully saturated rings. The number of ether oxygens (including phenoxy) is 1. The lowest BCUT2D eigenvalue weighted by Gasteiger charge is -2.32. The van der Waals surface area contributed by atoms with E-state index in [2.05, 4.69) is 20.5 Å². The van der Waals surface area contributed by atoms with Crippen molar-refractivity contribution in [3.05, 3.63) is 35.5 Å². The Labute approximate surface area is 147 Å². The molecule has 1 N–H and O–H groups in total. The molecule has 8 heteroatoms. The first-order valence-electron chi connectivity index (χ1n) is 8.53. The predicted molar refractivity (Wildman–Crippen MR) is 91.9 cm³/mol. The van der Waals surface area contributed by atoms with Crippen molar-refractivity contribution in [1.82, 2.24) is 30.0 Å². The lowest BCUT2D eigenvalue weighted by Crippen LogP contribution is -2.50. The van der Waals surface area contributed by atoms with Gasteiger partial charge in [-0.3, -0.25) is 9.69 Å². The Kier molecular flexibility index (Phi) is 5.28. The summed E-state index contributed by atoms with van der Waals surface area (Å²) in [6.07, 6.45) is 2.61. The Hall–Kier alpha value is -2.48. The highest BCUT2D eigenvalue weighted by Gasteiger charge is 2.31. The van der Waals surface area contributed by atoms with Crippen molar-refractivity contribution in [2.24, 2.45) is 0 Å². The van der Waals surface area contributed by atoms with Crippen LogP contribution in [0.15, 0.2) is 18.3 Å². The van der Waals surface area contributed by atoms with E-state index in [1.165, 1.54) is 0 Å². The lowest BCUT2D eigenvalue weighted by atomic mass is 10.1. The smallest absolute Gasteiger partial charge is 0.239 e. The highest BCUT2D eigenvalue weighted by Crippen LogP contribution is 2.17. The van der Waals surface area contributed by atoms with Gasteiger partial charge in [-0.15, -0.1) is 10.2 Å². The van der Waals surface area contributed by atoms with E-state index in [4.69, 9.17) is 4.74 Å². The van der Waals surface area contributed by atoms with Gasteiger partial charge in [-0.1, -0.05) is 13.0 Å². The molecule has 2 aromatic heterocycles. The van der Waals surface area contributed by atoms with Crippen LogP contribution < -0.4 is 10.1 Å². The summed E-state index contributed by atoms with van der Waals surface area (Å²) >= 11 is 0. The first kappa shape index (κ1) is 17.3. The van der Waals surface area contributed by atoms with Crippen molar-refractivity contribution in [3.63, 3.8) is 0 Å². The maximum absolute atomic E-state index is 12.7. The van der Waals surface area contributed by atoms with Gasteiger partial charge in [-0.05, 0) is 26.5 Å². The quantitative estimate of drug-likeness (QED) is 0.838. The average molecular weight is 344 g/mol. The molecule has 1 aliphatic heterocycles. The molecule has 3 heterocycles. The van der Waals surface area contributed by atoms with E-state index >= 15 is 0 Å². The van der Waals surface area contributed by atoms with Gasteiger partial charge in [-0.25, -0.2) is 4.98 Å². The molecule has 2 aromatic rings. The number of carbonyl (C=O) groups excluding carboxylic acids is 1. The van der Waals surface area contributed by atoms with E-state index < -0.39 is 0 Å². The number of amides is 1. The number of aryl methyl sites for hydroxylation is 1. The molecule has 0 saturated carbocycles. The molecule has 0 aliphatic carbocycles. The standard InChI is InChI=1S/C17H24N6O2/c1-4-8-25-17-13(6-5-7-18-17)9-19-16(24)14-10-23-12(2)20-21-15(23)11-22(14)3/h5-7,14H,4,8-11H2,1-3H3,(H,19,24). The molecule has 0 saturated heterocycles. The summed E-state index contributed by atoms with van der Waals surface area (Å²) in [7, 11) is 1.93. The largest absolute Gasteiger partial charge is 0.477 e. The molecule has 0 spiro atoms. The first-order valence-corrected chi connectivity index (χ1v) is 8.53. The predicted octanol–water partition coefficient (Wildman–Crippen LogP) is 0.901. The molecule has 134 valence electrons. The number of likely N-dealkylation sites (N-methyl/N-ethyl adjacent to an activating group) is 1. The molecule has 1 amide bonds. The summed E-state index contributed by atoms with van der Waals surface area (Å²) in [4.78, 5) is 18.9. The maximum atomic E-state index is 12.7. The number of fused-ring (bicyclic) bond motifs is 1. The van der Waals surface area contributed by atoms with Gasteiger partial charge in [-0.2, -0.15) is 0 Å². The van der Waals surface area contributed by atoms with Crippen molar-refractivity contribution in [3.8, 4) is 5.88 Å². The summed E-state index contributed by atoms with van der Waals surface area (Å²) in [5.41, 5.74) is 0.879. The monoisotopic (exact) mass is 344 g/mol. The molecule has 0 bridgehead atoms. The molecule has 0 aromatic carbocycles. The fourth-order valence-corrected chi connectivity index (χ4v) is 2.90. The van der Waals surface area contributed by atoms with Crippen LogP contribution in [0.25, 0.3) is 0 Å². The van der Waals surface area contributed by atoms with Crippen LogP contribution >= 0.6 is 0 Å². The highest BCUT2D eigenvalue weighted by molar-refractivity contribution is 5.81. The van der Waals surface area contributed by atoms with Crippen LogP contribution in [0.2, 0.25) is 0 Å². The van der Waals surface area contributed by atoms with Crippen LogP contribution in [0, 0.1) is 6.92 Å². The minimum atomic E-state index is -0.251. The second kappa shape index (κ2) is 7.60. The fourth-order valence-electron chi connectivity index (χ4n) is 2.90. The fraction of sp³-hybridized carbons (Fsp3) is 0.529. The topological polar surface area (TPSA) is 85.2 Å². The number of hydrogen-bond acceptors (Lipinski definition) is 6. The zero-order valence-corrected chi connectivity index (χ0v) is 14.9. The second-order valence-electron chi connectivity index (χ2n) is 6.24. The Bertz CT molecular complexity index is 744. The van der Waals surface area contributed by atoms with Gasteiger partial charge < -0.3 is 14.6 Å². The molecule has 3 rings (SSSR count). The van der Waals surface area contributed by atoms with Gasteiger partial charge in [0, 0.05) is 18.3 Å². The maximum Gasteiger partial charge on any atom is 0.239 e. The van der Waals surface area contributed by atoms with E-state index in [1.807, 2.05) is 42.5 Å². The van der Waals surface area contributed by atoms with Crippen LogP contribution in [0.3, 0.4) is 0 Å². The van der Waals surface area contributed by atoms with Crippen molar-refractivity contribution in [1.29, 1.82) is 0 Å². The van der Waals surface area contributed by atoms with Gasteiger partial charge in [0.05, 0.1) is 19.7 Å². The summed E-state index contributed by atoms with van der Waals surface area (Å²) in [5.74, 6) is 2.29. The molecule has 1 aliphatic rings. The summed E-state index contributed by atoms with van der Waals surface area (Å²) in [6.45, 7) is 6.12. The van der Waals surface area contributed by atoms with E-state index in [-0.39, 0.29) is 11.9 Å². The van der Waals surface area contributed by atoms with Crippen molar-refractivity contribution in [2.45, 2.75) is 45.9 Å². The number of nitrogens with zero attached hydrogens (tertiary/aromatic N) is 5. The van der Waals surface area contributed by atoms with Crippen LogP contribution in [0.5, 0.6) is 5.88 Å². The van der Waals surface area contributed by atoms with Crippen LogP contribution in [-0.2, 0) is 24.4 Å². The minimum Gasteiger partial charge on any atom is -0.477 e. The van der Waals surface area contributed by atoms with Gasteiger partial charge in [0.1, 0.15) is 17.7 Å². The summed E-state index contributed by atoms with van der Waals surface area (Å²) in [5, 5.41) is 11.2. The van der Waals surface area contributed by atoms with Crippen molar-refractivity contribution in [2.75, 3.05) is 13.7 Å².